The maximum absolute atomic E-state index is 12.9. The van der Waals surface area contributed by atoms with Gasteiger partial charge in [0.2, 0.25) is 10.0 Å². The van der Waals surface area contributed by atoms with Gasteiger partial charge in [-0.1, -0.05) is 0 Å². The van der Waals surface area contributed by atoms with Crippen molar-refractivity contribution in [2.75, 3.05) is 13.1 Å². The van der Waals surface area contributed by atoms with Crippen molar-refractivity contribution in [1.82, 2.24) is 9.62 Å². The Kier molecular flexibility index (Phi) is 4.92. The molecule has 0 aromatic rings. The number of ether oxygens (including phenoxy) is 1. The Hall–Kier alpha value is -0.960. The number of hydrogen-bond acceptors (Lipinski definition) is 4. The Morgan fingerprint density at radius 3 is 2.17 bits per heavy atom. The summed E-state index contributed by atoms with van der Waals surface area (Å²) < 4.78 is 56.7. The number of alkyl carbamates (subject to hydrolysis) is 1. The van der Waals surface area contributed by atoms with Crippen LogP contribution in [0.5, 0.6) is 0 Å². The SMILES string of the molecule is CC(C)(C)OC(=O)NC1CCN(S(=O)(=O)C2CC(F)(F)C2)CC1. The van der Waals surface area contributed by atoms with Gasteiger partial charge in [0.1, 0.15) is 5.60 Å². The molecule has 0 radical (unpaired) electrons. The molecule has 2 rings (SSSR count). The fourth-order valence-corrected chi connectivity index (χ4v) is 4.81. The maximum atomic E-state index is 12.9. The van der Waals surface area contributed by atoms with E-state index in [1.165, 1.54) is 4.31 Å². The molecule has 9 heteroatoms. The predicted molar refractivity (Wildman–Crippen MR) is 80.9 cm³/mol. The van der Waals surface area contributed by atoms with E-state index in [1.54, 1.807) is 20.8 Å². The molecule has 1 N–H and O–H groups in total. The Labute approximate surface area is 135 Å². The number of alkyl halides is 2. The summed E-state index contributed by atoms with van der Waals surface area (Å²) in [6.07, 6.45) is -0.822. The highest BCUT2D eigenvalue weighted by Crippen LogP contribution is 2.42. The van der Waals surface area contributed by atoms with Crippen molar-refractivity contribution in [3.05, 3.63) is 0 Å². The largest absolute Gasteiger partial charge is 0.444 e. The van der Waals surface area contributed by atoms with Crippen molar-refractivity contribution in [1.29, 1.82) is 0 Å². The van der Waals surface area contributed by atoms with Crippen molar-refractivity contribution < 1.29 is 26.7 Å². The maximum Gasteiger partial charge on any atom is 0.407 e. The summed E-state index contributed by atoms with van der Waals surface area (Å²) in [6, 6.07) is -0.167. The van der Waals surface area contributed by atoms with Gasteiger partial charge in [-0.2, -0.15) is 0 Å². The van der Waals surface area contributed by atoms with Crippen LogP contribution >= 0.6 is 0 Å². The first kappa shape index (κ1) is 18.4. The Morgan fingerprint density at radius 2 is 1.74 bits per heavy atom. The van der Waals surface area contributed by atoms with Gasteiger partial charge in [0.05, 0.1) is 5.25 Å². The van der Waals surface area contributed by atoms with Gasteiger partial charge in [0.25, 0.3) is 5.92 Å². The first-order valence-electron chi connectivity index (χ1n) is 7.75. The third-order valence-corrected chi connectivity index (χ3v) is 6.27. The second-order valence-corrected chi connectivity index (χ2v) is 9.46. The number of halogens is 2. The zero-order chi connectivity index (χ0) is 17.5. The van der Waals surface area contributed by atoms with Gasteiger partial charge in [0, 0.05) is 32.0 Å². The number of hydrogen-bond donors (Lipinski definition) is 1. The van der Waals surface area contributed by atoms with Crippen LogP contribution in [0.1, 0.15) is 46.5 Å². The summed E-state index contributed by atoms with van der Waals surface area (Å²) in [4.78, 5) is 11.7. The quantitative estimate of drug-likeness (QED) is 0.842. The topological polar surface area (TPSA) is 75.7 Å². The lowest BCUT2D eigenvalue weighted by atomic mass is 9.94. The van der Waals surface area contributed by atoms with E-state index in [0.29, 0.717) is 12.8 Å². The van der Waals surface area contributed by atoms with E-state index in [1.807, 2.05) is 0 Å². The summed E-state index contributed by atoms with van der Waals surface area (Å²) in [5, 5.41) is 1.74. The minimum Gasteiger partial charge on any atom is -0.444 e. The van der Waals surface area contributed by atoms with Gasteiger partial charge in [0.15, 0.2) is 0 Å². The summed E-state index contributed by atoms with van der Waals surface area (Å²) in [5.74, 6) is -2.85. The lowest BCUT2D eigenvalue weighted by Gasteiger charge is -2.39. The molecule has 1 aliphatic carbocycles. The molecule has 1 amide bonds. The number of sulfonamides is 1. The van der Waals surface area contributed by atoms with Gasteiger partial charge in [-0.05, 0) is 33.6 Å². The second kappa shape index (κ2) is 6.16. The van der Waals surface area contributed by atoms with Gasteiger partial charge in [-0.3, -0.25) is 0 Å². The molecule has 1 saturated heterocycles. The molecular formula is C14H24F2N2O4S. The van der Waals surface area contributed by atoms with E-state index in [0.717, 1.165) is 0 Å². The van der Waals surface area contributed by atoms with Crippen LogP contribution in [-0.4, -0.2) is 54.7 Å². The first-order chi connectivity index (χ1) is 10.4. The Morgan fingerprint density at radius 1 is 1.22 bits per heavy atom. The normalized spacial score (nSPS) is 24.0. The number of nitrogens with zero attached hydrogens (tertiary/aromatic N) is 1. The molecule has 0 aromatic carbocycles. The molecule has 2 aliphatic rings. The molecule has 1 heterocycles. The highest BCUT2D eigenvalue weighted by atomic mass is 32.2. The van der Waals surface area contributed by atoms with E-state index in [-0.39, 0.29) is 19.1 Å². The predicted octanol–water partition coefficient (Wildman–Crippen LogP) is 2.10. The fraction of sp³-hybridized carbons (Fsp3) is 0.929. The van der Waals surface area contributed by atoms with Crippen LogP contribution in [0.3, 0.4) is 0 Å². The molecule has 0 aromatic heterocycles. The fourth-order valence-electron chi connectivity index (χ4n) is 2.76. The van der Waals surface area contributed by atoms with E-state index >= 15 is 0 Å². The molecule has 134 valence electrons. The molecular weight excluding hydrogens is 330 g/mol. The minimum atomic E-state index is -3.67. The molecule has 0 bridgehead atoms. The second-order valence-electron chi connectivity index (χ2n) is 7.25. The number of piperidine rings is 1. The molecule has 0 unspecified atom stereocenters. The first-order valence-corrected chi connectivity index (χ1v) is 9.26. The number of amides is 1. The number of rotatable bonds is 3. The highest BCUT2D eigenvalue weighted by molar-refractivity contribution is 7.89. The van der Waals surface area contributed by atoms with E-state index < -0.39 is 45.7 Å². The zero-order valence-electron chi connectivity index (χ0n) is 13.6. The molecule has 0 spiro atoms. The average Bonchev–Trinajstić information content (AvgIpc) is 2.34. The average molecular weight is 354 g/mol. The van der Waals surface area contributed by atoms with Gasteiger partial charge >= 0.3 is 6.09 Å². The molecule has 23 heavy (non-hydrogen) atoms. The van der Waals surface area contributed by atoms with Crippen molar-refractivity contribution >= 4 is 16.1 Å². The van der Waals surface area contributed by atoms with Crippen LogP contribution in [0.4, 0.5) is 13.6 Å². The highest BCUT2D eigenvalue weighted by Gasteiger charge is 2.53. The van der Waals surface area contributed by atoms with Gasteiger partial charge in [-0.15, -0.1) is 0 Å². The van der Waals surface area contributed by atoms with Gasteiger partial charge < -0.3 is 10.1 Å². The Bertz CT molecular complexity index is 544. The summed E-state index contributed by atoms with van der Waals surface area (Å²) in [7, 11) is -3.67. The molecule has 0 atom stereocenters. The monoisotopic (exact) mass is 354 g/mol. The summed E-state index contributed by atoms with van der Waals surface area (Å²) in [6.45, 7) is 5.73. The zero-order valence-corrected chi connectivity index (χ0v) is 14.5. The molecule has 6 nitrogen and oxygen atoms in total. The summed E-state index contributed by atoms with van der Waals surface area (Å²) in [5.41, 5.74) is -0.594. The van der Waals surface area contributed by atoms with Crippen molar-refractivity contribution in [3.63, 3.8) is 0 Å². The van der Waals surface area contributed by atoms with E-state index in [2.05, 4.69) is 5.32 Å². The minimum absolute atomic E-state index is 0.167. The van der Waals surface area contributed by atoms with Crippen LogP contribution in [-0.2, 0) is 14.8 Å². The number of nitrogens with one attached hydrogen (secondary N) is 1. The van der Waals surface area contributed by atoms with E-state index in [9.17, 15) is 22.0 Å². The number of carbonyl (C=O) groups is 1. The lowest BCUT2D eigenvalue weighted by Crippen LogP contribution is -2.54. The molecule has 1 aliphatic heterocycles. The van der Waals surface area contributed by atoms with Crippen LogP contribution in [0.25, 0.3) is 0 Å². The van der Waals surface area contributed by atoms with Crippen LogP contribution in [0.15, 0.2) is 0 Å². The summed E-state index contributed by atoms with van der Waals surface area (Å²) >= 11 is 0. The van der Waals surface area contributed by atoms with Crippen LogP contribution in [0.2, 0.25) is 0 Å². The van der Waals surface area contributed by atoms with E-state index in [4.69, 9.17) is 4.74 Å². The third kappa shape index (κ3) is 4.76. The third-order valence-electron chi connectivity index (χ3n) is 4.01. The van der Waals surface area contributed by atoms with Crippen molar-refractivity contribution in [2.45, 2.75) is 69.3 Å². The number of carbonyl (C=O) groups excluding carboxylic acids is 1. The van der Waals surface area contributed by atoms with Crippen molar-refractivity contribution in [3.8, 4) is 0 Å². The smallest absolute Gasteiger partial charge is 0.407 e. The van der Waals surface area contributed by atoms with Crippen LogP contribution in [0, 0.1) is 0 Å². The van der Waals surface area contributed by atoms with Crippen LogP contribution < -0.4 is 5.32 Å². The lowest BCUT2D eigenvalue weighted by molar-refractivity contribution is -0.0696. The Balaban J connectivity index is 1.81. The molecule has 1 saturated carbocycles. The standard InChI is InChI=1S/C14H24F2N2O4S/c1-13(2,3)22-12(19)17-10-4-6-18(7-5-10)23(20,21)11-8-14(15,16)9-11/h10-11H,4-9H2,1-3H3,(H,17,19). The van der Waals surface area contributed by atoms with Gasteiger partial charge in [-0.25, -0.2) is 26.3 Å². The van der Waals surface area contributed by atoms with Crippen molar-refractivity contribution in [2.24, 2.45) is 0 Å². The molecule has 2 fully saturated rings.